The number of aryl methyl sites for hydroxylation is 2. The molecule has 0 fully saturated rings. The summed E-state index contributed by atoms with van der Waals surface area (Å²) in [6.07, 6.45) is 8.04. The summed E-state index contributed by atoms with van der Waals surface area (Å²) in [6, 6.07) is 6.36. The van der Waals surface area contributed by atoms with Crippen LogP contribution in [0, 0.1) is 12.7 Å². The molecular weight excluding hydrogens is 321 g/mol. The van der Waals surface area contributed by atoms with E-state index in [1.54, 1.807) is 53.0 Å². The number of hydrogen-bond donors (Lipinski definition) is 1. The number of aromatic nitrogens is 4. The molecule has 1 amide bonds. The molecule has 0 aliphatic carbocycles. The molecule has 0 saturated heterocycles. The van der Waals surface area contributed by atoms with Crippen molar-refractivity contribution in [3.05, 3.63) is 66.3 Å². The predicted molar refractivity (Wildman–Crippen MR) is 93.8 cm³/mol. The van der Waals surface area contributed by atoms with Gasteiger partial charge in [0.1, 0.15) is 11.6 Å². The molecule has 3 aromatic rings. The van der Waals surface area contributed by atoms with Crippen molar-refractivity contribution in [3.63, 3.8) is 0 Å². The molecule has 0 bridgehead atoms. The Morgan fingerprint density at radius 1 is 1.32 bits per heavy atom. The minimum absolute atomic E-state index is 0.338. The first kappa shape index (κ1) is 16.6. The first-order valence-electron chi connectivity index (χ1n) is 7.89. The van der Waals surface area contributed by atoms with Crippen LogP contribution in [0.15, 0.2) is 48.9 Å². The van der Waals surface area contributed by atoms with E-state index in [0.29, 0.717) is 23.7 Å². The summed E-state index contributed by atoms with van der Waals surface area (Å²) in [4.78, 5) is 16.1. The van der Waals surface area contributed by atoms with Gasteiger partial charge in [-0.25, -0.2) is 9.37 Å². The molecule has 128 valence electrons. The lowest BCUT2D eigenvalue weighted by molar-refractivity contribution is -0.111. The van der Waals surface area contributed by atoms with Gasteiger partial charge in [0.15, 0.2) is 0 Å². The fourth-order valence-corrected chi connectivity index (χ4v) is 2.51. The monoisotopic (exact) mass is 339 g/mol. The molecule has 0 atom stereocenters. The van der Waals surface area contributed by atoms with Crippen LogP contribution in [-0.2, 0) is 11.3 Å². The number of imidazole rings is 1. The summed E-state index contributed by atoms with van der Waals surface area (Å²) in [5, 5.41) is 6.78. The minimum atomic E-state index is -0.438. The maximum Gasteiger partial charge on any atom is 0.248 e. The number of nitrogens with one attached hydrogen (secondary N) is 1. The number of nitrogens with zero attached hydrogens (tertiary/aromatic N) is 4. The Labute approximate surface area is 144 Å². The van der Waals surface area contributed by atoms with Crippen molar-refractivity contribution in [2.75, 3.05) is 5.32 Å². The van der Waals surface area contributed by atoms with Crippen molar-refractivity contribution in [3.8, 4) is 5.69 Å². The van der Waals surface area contributed by atoms with Crippen molar-refractivity contribution in [1.29, 1.82) is 0 Å². The van der Waals surface area contributed by atoms with E-state index in [2.05, 4.69) is 15.4 Å². The average Bonchev–Trinajstić information content (AvgIpc) is 3.21. The van der Waals surface area contributed by atoms with Crippen LogP contribution in [-0.4, -0.2) is 25.2 Å². The van der Waals surface area contributed by atoms with Crippen LogP contribution in [0.25, 0.3) is 11.8 Å². The van der Waals surface area contributed by atoms with Crippen LogP contribution in [0.2, 0.25) is 0 Å². The molecule has 1 N–H and O–H groups in total. The fourth-order valence-electron chi connectivity index (χ4n) is 2.51. The normalized spacial score (nSPS) is 11.2. The highest BCUT2D eigenvalue weighted by molar-refractivity contribution is 6.01. The second-order valence-electron chi connectivity index (χ2n) is 5.41. The zero-order chi connectivity index (χ0) is 17.8. The Morgan fingerprint density at radius 2 is 2.16 bits per heavy atom. The SMILES string of the molecule is CCn1nccc1/C=C/C(=O)Nc1ccc(-n2ccnc2C)c(F)c1. The van der Waals surface area contributed by atoms with E-state index in [1.165, 1.54) is 12.1 Å². The van der Waals surface area contributed by atoms with Crippen LogP contribution in [0.4, 0.5) is 10.1 Å². The summed E-state index contributed by atoms with van der Waals surface area (Å²) < 4.78 is 17.7. The smallest absolute Gasteiger partial charge is 0.248 e. The number of benzene rings is 1. The summed E-state index contributed by atoms with van der Waals surface area (Å²) in [5.41, 5.74) is 1.60. The van der Waals surface area contributed by atoms with Crippen LogP contribution in [0.5, 0.6) is 0 Å². The lowest BCUT2D eigenvalue weighted by atomic mass is 10.2. The van der Waals surface area contributed by atoms with E-state index < -0.39 is 5.82 Å². The predicted octanol–water partition coefficient (Wildman–Crippen LogP) is 3.19. The fraction of sp³-hybridized carbons (Fsp3) is 0.167. The highest BCUT2D eigenvalue weighted by Crippen LogP contribution is 2.19. The molecule has 2 heterocycles. The molecule has 3 rings (SSSR count). The Hall–Kier alpha value is -3.22. The molecule has 1 aromatic carbocycles. The summed E-state index contributed by atoms with van der Waals surface area (Å²) in [5.74, 6) is -0.0899. The Balaban J connectivity index is 1.72. The number of amides is 1. The Morgan fingerprint density at radius 3 is 2.84 bits per heavy atom. The van der Waals surface area contributed by atoms with Crippen LogP contribution in [0.1, 0.15) is 18.4 Å². The second-order valence-corrected chi connectivity index (χ2v) is 5.41. The maximum absolute atomic E-state index is 14.3. The van der Waals surface area contributed by atoms with Crippen molar-refractivity contribution < 1.29 is 9.18 Å². The Kier molecular flexibility index (Phi) is 4.74. The standard InChI is InChI=1S/C18H18FN5O/c1-3-24-15(8-9-21-24)5-7-18(25)22-14-4-6-17(16(19)12-14)23-11-10-20-13(23)2/h4-12H,3H2,1-2H3,(H,22,25)/b7-5+. The molecule has 0 aliphatic heterocycles. The van der Waals surface area contributed by atoms with Crippen molar-refractivity contribution in [2.24, 2.45) is 0 Å². The molecule has 2 aromatic heterocycles. The van der Waals surface area contributed by atoms with Gasteiger partial charge in [0, 0.05) is 36.9 Å². The lowest BCUT2D eigenvalue weighted by Gasteiger charge is -2.09. The number of anilines is 1. The zero-order valence-electron chi connectivity index (χ0n) is 14.0. The van der Waals surface area contributed by atoms with Gasteiger partial charge < -0.3 is 9.88 Å². The first-order chi connectivity index (χ1) is 12.1. The highest BCUT2D eigenvalue weighted by Gasteiger charge is 2.09. The third-order valence-corrected chi connectivity index (χ3v) is 3.75. The highest BCUT2D eigenvalue weighted by atomic mass is 19.1. The van der Waals surface area contributed by atoms with E-state index >= 15 is 0 Å². The van der Waals surface area contributed by atoms with Crippen molar-refractivity contribution in [1.82, 2.24) is 19.3 Å². The number of rotatable bonds is 5. The quantitative estimate of drug-likeness (QED) is 0.726. The molecule has 0 unspecified atom stereocenters. The molecule has 25 heavy (non-hydrogen) atoms. The van der Waals surface area contributed by atoms with E-state index in [1.807, 2.05) is 13.0 Å². The number of carbonyl (C=O) groups excluding carboxylic acids is 1. The molecule has 7 heteroatoms. The zero-order valence-corrected chi connectivity index (χ0v) is 14.0. The van der Waals surface area contributed by atoms with Crippen molar-refractivity contribution in [2.45, 2.75) is 20.4 Å². The van der Waals surface area contributed by atoms with E-state index in [-0.39, 0.29) is 5.91 Å². The maximum atomic E-state index is 14.3. The van der Waals surface area contributed by atoms with Crippen LogP contribution in [0.3, 0.4) is 0 Å². The number of halogens is 1. The number of carbonyl (C=O) groups is 1. The topological polar surface area (TPSA) is 64.7 Å². The van der Waals surface area contributed by atoms with Gasteiger partial charge in [0.25, 0.3) is 0 Å². The van der Waals surface area contributed by atoms with Gasteiger partial charge in [-0.15, -0.1) is 0 Å². The molecule has 6 nitrogen and oxygen atoms in total. The largest absolute Gasteiger partial charge is 0.322 e. The first-order valence-corrected chi connectivity index (χ1v) is 7.89. The third-order valence-electron chi connectivity index (χ3n) is 3.75. The third kappa shape index (κ3) is 3.65. The van der Waals surface area contributed by atoms with Gasteiger partial charge in [-0.2, -0.15) is 5.10 Å². The van der Waals surface area contributed by atoms with E-state index in [4.69, 9.17) is 0 Å². The van der Waals surface area contributed by atoms with Gasteiger partial charge in [-0.05, 0) is 44.2 Å². The summed E-state index contributed by atoms with van der Waals surface area (Å²) in [6.45, 7) is 4.48. The van der Waals surface area contributed by atoms with Gasteiger partial charge in [-0.1, -0.05) is 0 Å². The average molecular weight is 339 g/mol. The van der Waals surface area contributed by atoms with Crippen LogP contribution >= 0.6 is 0 Å². The van der Waals surface area contributed by atoms with Crippen molar-refractivity contribution >= 4 is 17.7 Å². The molecule has 0 aliphatic rings. The molecule has 0 spiro atoms. The molecule has 0 saturated carbocycles. The van der Waals surface area contributed by atoms with Crippen LogP contribution < -0.4 is 5.32 Å². The van der Waals surface area contributed by atoms with E-state index in [0.717, 1.165) is 5.69 Å². The summed E-state index contributed by atoms with van der Waals surface area (Å²) in [7, 11) is 0. The van der Waals surface area contributed by atoms with E-state index in [9.17, 15) is 9.18 Å². The number of hydrogen-bond acceptors (Lipinski definition) is 3. The second kappa shape index (κ2) is 7.12. The van der Waals surface area contributed by atoms with Gasteiger partial charge in [0.2, 0.25) is 5.91 Å². The molecular formula is C18H18FN5O. The van der Waals surface area contributed by atoms with Gasteiger partial charge in [-0.3, -0.25) is 9.48 Å². The lowest BCUT2D eigenvalue weighted by Crippen LogP contribution is -2.09. The minimum Gasteiger partial charge on any atom is -0.322 e. The Bertz CT molecular complexity index is 925. The summed E-state index contributed by atoms with van der Waals surface area (Å²) >= 11 is 0. The van der Waals surface area contributed by atoms with Gasteiger partial charge >= 0.3 is 0 Å². The van der Waals surface area contributed by atoms with Gasteiger partial charge in [0.05, 0.1) is 11.4 Å². The molecule has 0 radical (unpaired) electrons.